The van der Waals surface area contributed by atoms with E-state index in [4.69, 9.17) is 5.73 Å². The molecule has 19 heavy (non-hydrogen) atoms. The van der Waals surface area contributed by atoms with Crippen LogP contribution in [0.25, 0.3) is 0 Å². The Morgan fingerprint density at radius 1 is 1.42 bits per heavy atom. The minimum Gasteiger partial charge on any atom is -0.399 e. The highest BCUT2D eigenvalue weighted by Crippen LogP contribution is 2.28. The number of anilines is 1. The molecule has 1 atom stereocenters. The molecule has 106 valence electrons. The van der Waals surface area contributed by atoms with Crippen LogP contribution in [0.4, 0.5) is 5.69 Å². The zero-order chi connectivity index (χ0) is 14.0. The van der Waals surface area contributed by atoms with E-state index in [0.717, 1.165) is 24.8 Å². The van der Waals surface area contributed by atoms with Gasteiger partial charge in [0.05, 0.1) is 4.90 Å². The van der Waals surface area contributed by atoms with Crippen molar-refractivity contribution < 1.29 is 8.42 Å². The molecule has 0 spiro atoms. The minimum absolute atomic E-state index is 0.388. The summed E-state index contributed by atoms with van der Waals surface area (Å²) in [6, 6.07) is 4.99. The van der Waals surface area contributed by atoms with E-state index in [1.165, 1.54) is 0 Å². The zero-order valence-corrected chi connectivity index (χ0v) is 12.4. The van der Waals surface area contributed by atoms with Crippen LogP contribution >= 0.6 is 0 Å². The Hall–Kier alpha value is -1.07. The number of aryl methyl sites for hydroxylation is 1. The summed E-state index contributed by atoms with van der Waals surface area (Å²) in [5, 5.41) is 0. The van der Waals surface area contributed by atoms with Gasteiger partial charge in [0.15, 0.2) is 0 Å². The van der Waals surface area contributed by atoms with Gasteiger partial charge in [0.1, 0.15) is 0 Å². The predicted octanol–water partition coefficient (Wildman–Crippen LogP) is 2.39. The topological polar surface area (TPSA) is 63.4 Å². The molecule has 5 heteroatoms. The molecule has 0 saturated carbocycles. The molecular formula is C14H22N2O2S. The SMILES string of the molecule is CCCC1CCN(S(=O)(=O)c2ccc(N)cc2C)C1. The molecule has 0 bridgehead atoms. The Kier molecular flexibility index (Phi) is 4.16. The van der Waals surface area contributed by atoms with Gasteiger partial charge in [0, 0.05) is 18.8 Å². The van der Waals surface area contributed by atoms with E-state index in [1.54, 1.807) is 29.4 Å². The lowest BCUT2D eigenvalue weighted by Gasteiger charge is -2.18. The van der Waals surface area contributed by atoms with Crippen molar-refractivity contribution in [2.45, 2.75) is 38.0 Å². The number of benzene rings is 1. The fourth-order valence-electron chi connectivity index (χ4n) is 2.76. The molecule has 1 aliphatic heterocycles. The molecule has 0 aliphatic carbocycles. The zero-order valence-electron chi connectivity index (χ0n) is 11.6. The highest BCUT2D eigenvalue weighted by atomic mass is 32.2. The summed E-state index contributed by atoms with van der Waals surface area (Å²) < 4.78 is 26.8. The molecule has 2 N–H and O–H groups in total. The van der Waals surface area contributed by atoms with Gasteiger partial charge in [-0.15, -0.1) is 0 Å². The molecule has 1 fully saturated rings. The number of nitrogens with two attached hydrogens (primary N) is 1. The summed E-state index contributed by atoms with van der Waals surface area (Å²) in [6.07, 6.45) is 3.19. The summed E-state index contributed by atoms with van der Waals surface area (Å²) in [5.74, 6) is 0.508. The summed E-state index contributed by atoms with van der Waals surface area (Å²) in [4.78, 5) is 0.388. The van der Waals surface area contributed by atoms with E-state index in [-0.39, 0.29) is 0 Å². The van der Waals surface area contributed by atoms with E-state index in [0.29, 0.717) is 29.6 Å². The second-order valence-electron chi connectivity index (χ2n) is 5.33. The normalized spacial score (nSPS) is 20.8. The summed E-state index contributed by atoms with van der Waals surface area (Å²) in [6.45, 7) is 5.22. The number of hydrogen-bond donors (Lipinski definition) is 1. The summed E-state index contributed by atoms with van der Waals surface area (Å²) in [7, 11) is -3.36. The molecule has 1 saturated heterocycles. The molecular weight excluding hydrogens is 260 g/mol. The van der Waals surface area contributed by atoms with Crippen LogP contribution in [0, 0.1) is 12.8 Å². The van der Waals surface area contributed by atoms with Gasteiger partial charge in [-0.25, -0.2) is 8.42 Å². The second kappa shape index (κ2) is 5.51. The Balaban J connectivity index is 2.23. The number of sulfonamides is 1. The molecule has 0 radical (unpaired) electrons. The maximum Gasteiger partial charge on any atom is 0.243 e. The van der Waals surface area contributed by atoms with Crippen LogP contribution in [0.5, 0.6) is 0 Å². The average Bonchev–Trinajstić information content (AvgIpc) is 2.78. The van der Waals surface area contributed by atoms with Gasteiger partial charge in [0.2, 0.25) is 10.0 Å². The molecule has 1 aromatic carbocycles. The van der Waals surface area contributed by atoms with Gasteiger partial charge in [-0.1, -0.05) is 13.3 Å². The Morgan fingerprint density at radius 3 is 2.79 bits per heavy atom. The van der Waals surface area contributed by atoms with Crippen molar-refractivity contribution in [3.63, 3.8) is 0 Å². The Labute approximate surface area is 115 Å². The average molecular weight is 282 g/mol. The molecule has 1 aromatic rings. The molecule has 0 aromatic heterocycles. The van der Waals surface area contributed by atoms with Crippen LogP contribution in [0.3, 0.4) is 0 Å². The lowest BCUT2D eigenvalue weighted by molar-refractivity contribution is 0.444. The molecule has 0 amide bonds. The van der Waals surface area contributed by atoms with Crippen LogP contribution < -0.4 is 5.73 Å². The van der Waals surface area contributed by atoms with Gasteiger partial charge in [-0.3, -0.25) is 0 Å². The lowest BCUT2D eigenvalue weighted by atomic mass is 10.0. The van der Waals surface area contributed by atoms with E-state index >= 15 is 0 Å². The van der Waals surface area contributed by atoms with Crippen molar-refractivity contribution in [3.8, 4) is 0 Å². The maximum atomic E-state index is 12.6. The van der Waals surface area contributed by atoms with Crippen molar-refractivity contribution >= 4 is 15.7 Å². The first-order valence-corrected chi connectivity index (χ1v) is 8.25. The third-order valence-corrected chi connectivity index (χ3v) is 5.79. The Bertz CT molecular complexity index is 555. The first-order valence-electron chi connectivity index (χ1n) is 6.81. The highest BCUT2D eigenvalue weighted by molar-refractivity contribution is 7.89. The van der Waals surface area contributed by atoms with Crippen molar-refractivity contribution in [2.75, 3.05) is 18.8 Å². The minimum atomic E-state index is -3.36. The van der Waals surface area contributed by atoms with Gasteiger partial charge in [0.25, 0.3) is 0 Å². The third-order valence-electron chi connectivity index (χ3n) is 3.76. The molecule has 2 rings (SSSR count). The fraction of sp³-hybridized carbons (Fsp3) is 0.571. The first-order chi connectivity index (χ1) is 8.95. The predicted molar refractivity (Wildman–Crippen MR) is 77.4 cm³/mol. The van der Waals surface area contributed by atoms with E-state index in [9.17, 15) is 8.42 Å². The summed E-state index contributed by atoms with van der Waals surface area (Å²) in [5.41, 5.74) is 7.00. The van der Waals surface area contributed by atoms with E-state index in [2.05, 4.69) is 6.92 Å². The number of hydrogen-bond acceptors (Lipinski definition) is 3. The number of rotatable bonds is 4. The maximum absolute atomic E-state index is 12.6. The smallest absolute Gasteiger partial charge is 0.243 e. The molecule has 1 aliphatic rings. The number of nitrogen functional groups attached to an aromatic ring is 1. The molecule has 1 heterocycles. The number of nitrogens with zero attached hydrogens (tertiary/aromatic N) is 1. The second-order valence-corrected chi connectivity index (χ2v) is 7.24. The highest BCUT2D eigenvalue weighted by Gasteiger charge is 2.32. The van der Waals surface area contributed by atoms with Crippen LogP contribution in [0.1, 0.15) is 31.7 Å². The van der Waals surface area contributed by atoms with Crippen LogP contribution in [-0.4, -0.2) is 25.8 Å². The van der Waals surface area contributed by atoms with Gasteiger partial charge in [-0.2, -0.15) is 4.31 Å². The Morgan fingerprint density at radius 2 is 2.16 bits per heavy atom. The van der Waals surface area contributed by atoms with Gasteiger partial charge >= 0.3 is 0 Å². The standard InChI is InChI=1S/C14H22N2O2S/c1-3-4-12-7-8-16(10-12)19(17,18)14-6-5-13(15)9-11(14)2/h5-6,9,12H,3-4,7-8,10,15H2,1-2H3. The largest absolute Gasteiger partial charge is 0.399 e. The third kappa shape index (κ3) is 2.92. The van der Waals surface area contributed by atoms with Crippen molar-refractivity contribution in [1.29, 1.82) is 0 Å². The van der Waals surface area contributed by atoms with Crippen molar-refractivity contribution in [3.05, 3.63) is 23.8 Å². The van der Waals surface area contributed by atoms with Crippen LogP contribution in [0.15, 0.2) is 23.1 Å². The van der Waals surface area contributed by atoms with Gasteiger partial charge < -0.3 is 5.73 Å². The fourth-order valence-corrected chi connectivity index (χ4v) is 4.50. The van der Waals surface area contributed by atoms with E-state index < -0.39 is 10.0 Å². The lowest BCUT2D eigenvalue weighted by Crippen LogP contribution is -2.29. The van der Waals surface area contributed by atoms with E-state index in [1.807, 2.05) is 0 Å². The monoisotopic (exact) mass is 282 g/mol. The first kappa shape index (κ1) is 14.3. The molecule has 4 nitrogen and oxygen atoms in total. The van der Waals surface area contributed by atoms with Crippen molar-refractivity contribution in [2.24, 2.45) is 5.92 Å². The van der Waals surface area contributed by atoms with Crippen LogP contribution in [-0.2, 0) is 10.0 Å². The van der Waals surface area contributed by atoms with Gasteiger partial charge in [-0.05, 0) is 49.4 Å². The summed E-state index contributed by atoms with van der Waals surface area (Å²) >= 11 is 0. The molecule has 1 unspecified atom stereocenters. The quantitative estimate of drug-likeness (QED) is 0.862. The van der Waals surface area contributed by atoms with Crippen LogP contribution in [0.2, 0.25) is 0 Å². The van der Waals surface area contributed by atoms with Crippen molar-refractivity contribution in [1.82, 2.24) is 4.31 Å².